The summed E-state index contributed by atoms with van der Waals surface area (Å²) in [5.74, 6) is 0.514. The monoisotopic (exact) mass is 474 g/mol. The number of benzene rings is 3. The van der Waals surface area contributed by atoms with Crippen molar-refractivity contribution in [3.63, 3.8) is 0 Å². The van der Waals surface area contributed by atoms with Gasteiger partial charge in [0.15, 0.2) is 5.78 Å². The van der Waals surface area contributed by atoms with Crippen LogP contribution in [0, 0.1) is 11.7 Å². The van der Waals surface area contributed by atoms with Gasteiger partial charge in [-0.05, 0) is 66.3 Å². The molecule has 4 rings (SSSR count). The lowest BCUT2D eigenvalue weighted by Gasteiger charge is -2.15. The van der Waals surface area contributed by atoms with Crippen LogP contribution in [0.3, 0.4) is 0 Å². The molecule has 0 saturated heterocycles. The van der Waals surface area contributed by atoms with Crippen LogP contribution in [0.15, 0.2) is 54.6 Å². The number of hydrazine groups is 1. The number of halogens is 3. The maximum Gasteiger partial charge on any atom is 0.163 e. The topological polar surface area (TPSA) is 50.4 Å². The van der Waals surface area contributed by atoms with Crippen molar-refractivity contribution in [2.45, 2.75) is 31.7 Å². The molecule has 1 aliphatic carbocycles. The zero-order valence-corrected chi connectivity index (χ0v) is 19.1. The van der Waals surface area contributed by atoms with Crippen molar-refractivity contribution in [3.8, 4) is 5.75 Å². The number of hydrogen-bond donors (Lipinski definition) is 2. The van der Waals surface area contributed by atoms with Crippen molar-refractivity contribution in [3.05, 3.63) is 76.0 Å². The molecule has 1 aliphatic rings. The van der Waals surface area contributed by atoms with E-state index in [1.807, 2.05) is 36.4 Å². The summed E-state index contributed by atoms with van der Waals surface area (Å²) in [6.45, 7) is 0.974. The lowest BCUT2D eigenvalue weighted by atomic mass is 9.95. The van der Waals surface area contributed by atoms with Crippen molar-refractivity contribution < 1.29 is 13.9 Å². The lowest BCUT2D eigenvalue weighted by Crippen LogP contribution is -2.41. The molecule has 2 N–H and O–H groups in total. The second kappa shape index (κ2) is 10.6. The van der Waals surface area contributed by atoms with Crippen LogP contribution in [0.2, 0.25) is 10.0 Å². The highest BCUT2D eigenvalue weighted by molar-refractivity contribution is 6.31. The largest absolute Gasteiger partial charge is 0.492 e. The third-order valence-electron chi connectivity index (χ3n) is 5.83. The molecule has 2 unspecified atom stereocenters. The predicted molar refractivity (Wildman–Crippen MR) is 127 cm³/mol. The van der Waals surface area contributed by atoms with E-state index in [4.69, 9.17) is 27.9 Å². The minimum atomic E-state index is -0.491. The Morgan fingerprint density at radius 3 is 2.69 bits per heavy atom. The molecule has 0 bridgehead atoms. The predicted octanol–water partition coefficient (Wildman–Crippen LogP) is 6.20. The van der Waals surface area contributed by atoms with Crippen LogP contribution in [0.5, 0.6) is 5.75 Å². The van der Waals surface area contributed by atoms with E-state index in [1.165, 1.54) is 12.1 Å². The number of rotatable bonds is 9. The molecule has 0 aliphatic heterocycles. The highest BCUT2D eigenvalue weighted by Gasteiger charge is 2.26. The van der Waals surface area contributed by atoms with Crippen molar-refractivity contribution in [2.75, 3.05) is 13.2 Å². The number of Topliss-reactive ketones (excluding diaryl/α,β-unsaturated/α-hetero) is 1. The molecule has 168 valence electrons. The van der Waals surface area contributed by atoms with Crippen LogP contribution in [0.25, 0.3) is 10.8 Å². The molecule has 0 amide bonds. The summed E-state index contributed by atoms with van der Waals surface area (Å²) in [5, 5.41) is 2.84. The lowest BCUT2D eigenvalue weighted by molar-refractivity contribution is 0.0961. The van der Waals surface area contributed by atoms with Crippen molar-refractivity contribution in [1.82, 2.24) is 10.9 Å². The Morgan fingerprint density at radius 2 is 1.84 bits per heavy atom. The number of ketones is 1. The number of hydrogen-bond acceptors (Lipinski definition) is 4. The number of carbonyl (C=O) groups is 1. The smallest absolute Gasteiger partial charge is 0.163 e. The van der Waals surface area contributed by atoms with Crippen LogP contribution in [-0.4, -0.2) is 25.0 Å². The molecule has 32 heavy (non-hydrogen) atoms. The van der Waals surface area contributed by atoms with E-state index in [0.717, 1.165) is 35.6 Å². The third-order valence-corrected chi connectivity index (χ3v) is 6.37. The molecular weight excluding hydrogens is 450 g/mol. The van der Waals surface area contributed by atoms with Crippen molar-refractivity contribution in [1.29, 1.82) is 0 Å². The zero-order valence-electron chi connectivity index (χ0n) is 17.5. The van der Waals surface area contributed by atoms with Gasteiger partial charge in [-0.15, -0.1) is 0 Å². The summed E-state index contributed by atoms with van der Waals surface area (Å²) >= 11 is 11.7. The zero-order chi connectivity index (χ0) is 22.5. The molecule has 3 aromatic carbocycles. The molecule has 4 nitrogen and oxygen atoms in total. The molecule has 0 radical (unpaired) electrons. The molecular formula is C25H25Cl2FN2O2. The summed E-state index contributed by atoms with van der Waals surface area (Å²) < 4.78 is 18.9. The van der Waals surface area contributed by atoms with Gasteiger partial charge in [0.1, 0.15) is 18.2 Å². The quantitative estimate of drug-likeness (QED) is 0.220. The third kappa shape index (κ3) is 5.99. The molecule has 0 spiro atoms. The second-order valence-corrected chi connectivity index (χ2v) is 9.05. The summed E-state index contributed by atoms with van der Waals surface area (Å²) in [6.07, 6.45) is 3.55. The summed E-state index contributed by atoms with van der Waals surface area (Å²) in [5.41, 5.74) is 7.23. The normalized spacial score (nSPS) is 18.2. The Hall–Kier alpha value is -2.18. The van der Waals surface area contributed by atoms with Gasteiger partial charge in [-0.2, -0.15) is 0 Å². The summed E-state index contributed by atoms with van der Waals surface area (Å²) in [4.78, 5) is 12.8. The van der Waals surface area contributed by atoms with Gasteiger partial charge in [-0.3, -0.25) is 15.6 Å². The van der Waals surface area contributed by atoms with Gasteiger partial charge < -0.3 is 4.74 Å². The Bertz CT molecular complexity index is 1110. The minimum Gasteiger partial charge on any atom is -0.492 e. The summed E-state index contributed by atoms with van der Waals surface area (Å²) in [7, 11) is 0. The van der Waals surface area contributed by atoms with E-state index >= 15 is 0 Å². The first kappa shape index (κ1) is 23.0. The molecule has 3 aromatic rings. The maximum absolute atomic E-state index is 13.4. The van der Waals surface area contributed by atoms with Crippen molar-refractivity contribution >= 4 is 39.8 Å². The number of nitrogens with one attached hydrogen (secondary N) is 2. The molecule has 2 atom stereocenters. The Balaban J connectivity index is 1.18. The molecule has 0 aromatic heterocycles. The Labute approximate surface area is 197 Å². The van der Waals surface area contributed by atoms with Gasteiger partial charge in [-0.25, -0.2) is 4.39 Å². The molecule has 0 heterocycles. The number of ether oxygens (including phenoxy) is 1. The fraction of sp³-hybridized carbons (Fsp3) is 0.320. The SMILES string of the molecule is O=C(CC1CCC(NNCCOc2ccc(Cl)c(F)c2)C1)c1ccc2cc(Cl)ccc2c1. The van der Waals surface area contributed by atoms with Gasteiger partial charge in [0.25, 0.3) is 0 Å². The van der Waals surface area contributed by atoms with E-state index in [9.17, 15) is 9.18 Å². The first-order valence-corrected chi connectivity index (χ1v) is 11.5. The number of fused-ring (bicyclic) bond motifs is 1. The van der Waals surface area contributed by atoms with Crippen LogP contribution < -0.4 is 15.6 Å². The maximum atomic E-state index is 13.4. The average Bonchev–Trinajstić information content (AvgIpc) is 3.22. The molecule has 1 fully saturated rings. The van der Waals surface area contributed by atoms with E-state index in [1.54, 1.807) is 6.07 Å². The van der Waals surface area contributed by atoms with E-state index < -0.39 is 5.82 Å². The first-order chi connectivity index (χ1) is 15.5. The van der Waals surface area contributed by atoms with Crippen LogP contribution in [0.1, 0.15) is 36.0 Å². The fourth-order valence-corrected chi connectivity index (χ4v) is 4.46. The van der Waals surface area contributed by atoms with E-state index in [-0.39, 0.29) is 10.8 Å². The van der Waals surface area contributed by atoms with E-state index in [2.05, 4.69) is 10.9 Å². The van der Waals surface area contributed by atoms with E-state index in [0.29, 0.717) is 42.3 Å². The average molecular weight is 475 g/mol. The molecule has 1 saturated carbocycles. The Kier molecular flexibility index (Phi) is 7.63. The van der Waals surface area contributed by atoms with Gasteiger partial charge in [0, 0.05) is 35.7 Å². The van der Waals surface area contributed by atoms with Gasteiger partial charge in [0.05, 0.1) is 5.02 Å². The van der Waals surface area contributed by atoms with Crippen LogP contribution >= 0.6 is 23.2 Å². The highest BCUT2D eigenvalue weighted by atomic mass is 35.5. The van der Waals surface area contributed by atoms with Gasteiger partial charge in [-0.1, -0.05) is 41.4 Å². The number of carbonyl (C=O) groups excluding carboxylic acids is 1. The van der Waals surface area contributed by atoms with Gasteiger partial charge >= 0.3 is 0 Å². The fourth-order valence-electron chi connectivity index (χ4n) is 4.16. The standard InChI is InChI=1S/C25H25Cl2FN2O2/c26-20-5-4-17-13-19(3-2-18(17)14-20)25(31)12-16-1-6-21(11-16)30-29-9-10-32-22-7-8-23(27)24(28)15-22/h2-5,7-8,13-16,21,29-30H,1,6,9-12H2. The molecule has 7 heteroatoms. The first-order valence-electron chi connectivity index (χ1n) is 10.8. The Morgan fingerprint density at radius 1 is 1.03 bits per heavy atom. The van der Waals surface area contributed by atoms with Crippen LogP contribution in [-0.2, 0) is 0 Å². The highest BCUT2D eigenvalue weighted by Crippen LogP contribution is 2.30. The van der Waals surface area contributed by atoms with Crippen LogP contribution in [0.4, 0.5) is 4.39 Å². The summed E-state index contributed by atoms with van der Waals surface area (Å²) in [6, 6.07) is 16.2. The minimum absolute atomic E-state index is 0.0805. The van der Waals surface area contributed by atoms with Gasteiger partial charge in [0.2, 0.25) is 0 Å². The van der Waals surface area contributed by atoms with Crippen molar-refractivity contribution in [2.24, 2.45) is 5.92 Å². The second-order valence-electron chi connectivity index (χ2n) is 8.21.